The van der Waals surface area contributed by atoms with Gasteiger partial charge in [-0.3, -0.25) is 4.79 Å². The lowest BCUT2D eigenvalue weighted by Crippen LogP contribution is -2.32. The van der Waals surface area contributed by atoms with Crippen molar-refractivity contribution in [2.24, 2.45) is 0 Å². The number of rotatable bonds is 4. The van der Waals surface area contributed by atoms with Crippen molar-refractivity contribution in [1.82, 2.24) is 20.3 Å². The number of carbonyl (C=O) groups is 2. The molecule has 1 aliphatic rings. The average molecular weight is 336 g/mol. The van der Waals surface area contributed by atoms with Crippen molar-refractivity contribution in [2.45, 2.75) is 25.3 Å². The van der Waals surface area contributed by atoms with Crippen LogP contribution in [0.1, 0.15) is 40.6 Å². The second-order valence-electron chi connectivity index (χ2n) is 5.53. The summed E-state index contributed by atoms with van der Waals surface area (Å²) in [6.45, 7) is 0.444. The Morgan fingerprint density at radius 2 is 2.08 bits per heavy atom. The van der Waals surface area contributed by atoms with Gasteiger partial charge < -0.3 is 10.0 Å². The van der Waals surface area contributed by atoms with Gasteiger partial charge in [0.25, 0.3) is 0 Å². The third kappa shape index (κ3) is 2.97. The molecule has 1 aromatic carbocycles. The molecule has 1 aliphatic heterocycles. The Bertz CT molecular complexity index is 793. The molecule has 2 N–H and O–H groups in total. The van der Waals surface area contributed by atoms with E-state index in [1.807, 2.05) is 0 Å². The molecule has 1 aromatic heterocycles. The summed E-state index contributed by atoms with van der Waals surface area (Å²) >= 11 is 0. The van der Waals surface area contributed by atoms with Crippen LogP contribution in [0.25, 0.3) is 0 Å². The third-order valence-corrected chi connectivity index (χ3v) is 4.01. The summed E-state index contributed by atoms with van der Waals surface area (Å²) in [5, 5.41) is 18.9. The molecule has 7 nitrogen and oxygen atoms in total. The van der Waals surface area contributed by atoms with E-state index in [-0.39, 0.29) is 23.7 Å². The predicted octanol–water partition coefficient (Wildman–Crippen LogP) is 1.69. The topological polar surface area (TPSA) is 99.2 Å². The molecule has 0 saturated carbocycles. The summed E-state index contributed by atoms with van der Waals surface area (Å²) < 4.78 is 26.2. The van der Waals surface area contributed by atoms with Gasteiger partial charge in [0.1, 0.15) is 5.69 Å². The largest absolute Gasteiger partial charge is 0.476 e. The maximum Gasteiger partial charge on any atom is 0.358 e. The number of H-pyrrole nitrogens is 1. The lowest BCUT2D eigenvalue weighted by atomic mass is 10.1. The second-order valence-corrected chi connectivity index (χ2v) is 5.53. The first kappa shape index (κ1) is 16.0. The first-order chi connectivity index (χ1) is 11.5. The molecule has 0 aliphatic carbocycles. The number of hydrogen-bond acceptors (Lipinski definition) is 4. The van der Waals surface area contributed by atoms with Crippen molar-refractivity contribution in [3.8, 4) is 0 Å². The van der Waals surface area contributed by atoms with Gasteiger partial charge in [0.2, 0.25) is 5.91 Å². The SMILES string of the molecule is O=C(O)c1n[nH]nc1C1CCCN1C(=O)Cc1ccc(F)c(F)c1. The number of amides is 1. The standard InChI is InChI=1S/C15H14F2N4O3/c16-9-4-3-8(6-10(9)17)7-12(22)21-5-1-2-11(21)13-14(15(23)24)19-20-18-13/h3-4,6,11H,1-2,5,7H2,(H,23,24)(H,18,19,20). The van der Waals surface area contributed by atoms with E-state index in [0.717, 1.165) is 12.1 Å². The maximum absolute atomic E-state index is 13.3. The Labute approximate surface area is 135 Å². The molecule has 1 atom stereocenters. The summed E-state index contributed by atoms with van der Waals surface area (Å²) in [4.78, 5) is 25.2. The molecule has 1 fully saturated rings. The van der Waals surface area contributed by atoms with E-state index < -0.39 is 23.6 Å². The predicted molar refractivity (Wildman–Crippen MR) is 77.1 cm³/mol. The van der Waals surface area contributed by atoms with Crippen molar-refractivity contribution in [3.05, 3.63) is 46.8 Å². The summed E-state index contributed by atoms with van der Waals surface area (Å²) in [7, 11) is 0. The molecule has 0 spiro atoms. The lowest BCUT2D eigenvalue weighted by Gasteiger charge is -2.23. The van der Waals surface area contributed by atoms with Gasteiger partial charge in [-0.2, -0.15) is 10.3 Å². The summed E-state index contributed by atoms with van der Waals surface area (Å²) in [5.41, 5.74) is 0.342. The van der Waals surface area contributed by atoms with E-state index in [1.165, 1.54) is 11.0 Å². The minimum absolute atomic E-state index is 0.103. The van der Waals surface area contributed by atoms with E-state index in [4.69, 9.17) is 5.11 Å². The molecule has 3 rings (SSSR count). The molecule has 2 heterocycles. The van der Waals surface area contributed by atoms with E-state index >= 15 is 0 Å². The minimum Gasteiger partial charge on any atom is -0.476 e. The molecule has 0 radical (unpaired) electrons. The van der Waals surface area contributed by atoms with Gasteiger partial charge in [0.05, 0.1) is 12.5 Å². The van der Waals surface area contributed by atoms with Gasteiger partial charge in [0.15, 0.2) is 17.3 Å². The Kier molecular flexibility index (Phi) is 4.24. The fourth-order valence-electron chi connectivity index (χ4n) is 2.90. The normalized spacial score (nSPS) is 17.2. The molecule has 24 heavy (non-hydrogen) atoms. The maximum atomic E-state index is 13.3. The molecular formula is C15H14F2N4O3. The lowest BCUT2D eigenvalue weighted by molar-refractivity contribution is -0.131. The number of aromatic amines is 1. The number of hydrogen-bond donors (Lipinski definition) is 2. The fourth-order valence-corrected chi connectivity index (χ4v) is 2.90. The Hall–Kier alpha value is -2.84. The quantitative estimate of drug-likeness (QED) is 0.885. The van der Waals surface area contributed by atoms with Crippen LogP contribution in [-0.2, 0) is 11.2 Å². The average Bonchev–Trinajstić information content (AvgIpc) is 3.18. The third-order valence-electron chi connectivity index (χ3n) is 4.01. The number of halogens is 2. The summed E-state index contributed by atoms with van der Waals surface area (Å²) in [6.07, 6.45) is 1.16. The Morgan fingerprint density at radius 1 is 1.29 bits per heavy atom. The van der Waals surface area contributed by atoms with Crippen LogP contribution in [0.4, 0.5) is 8.78 Å². The summed E-state index contributed by atoms with van der Waals surface area (Å²) in [5.74, 6) is -3.51. The highest BCUT2D eigenvalue weighted by atomic mass is 19.2. The van der Waals surface area contributed by atoms with E-state index in [9.17, 15) is 18.4 Å². The van der Waals surface area contributed by atoms with Crippen LogP contribution in [-0.4, -0.2) is 43.8 Å². The zero-order chi connectivity index (χ0) is 17.3. The highest BCUT2D eigenvalue weighted by Gasteiger charge is 2.35. The fraction of sp³-hybridized carbons (Fsp3) is 0.333. The van der Waals surface area contributed by atoms with Crippen molar-refractivity contribution in [2.75, 3.05) is 6.54 Å². The van der Waals surface area contributed by atoms with E-state index in [1.54, 1.807) is 0 Å². The van der Waals surface area contributed by atoms with Crippen LogP contribution >= 0.6 is 0 Å². The van der Waals surface area contributed by atoms with Crippen molar-refractivity contribution in [1.29, 1.82) is 0 Å². The number of nitrogens with one attached hydrogen (secondary N) is 1. The first-order valence-corrected chi connectivity index (χ1v) is 7.34. The van der Waals surface area contributed by atoms with Gasteiger partial charge >= 0.3 is 5.97 Å². The van der Waals surface area contributed by atoms with Crippen LogP contribution in [0.5, 0.6) is 0 Å². The van der Waals surface area contributed by atoms with Gasteiger partial charge in [-0.15, -0.1) is 5.10 Å². The number of aromatic nitrogens is 3. The van der Waals surface area contributed by atoms with Gasteiger partial charge in [-0.1, -0.05) is 6.07 Å². The van der Waals surface area contributed by atoms with Crippen LogP contribution in [0.15, 0.2) is 18.2 Å². The molecule has 0 bridgehead atoms. The number of likely N-dealkylation sites (tertiary alicyclic amines) is 1. The molecule has 126 valence electrons. The van der Waals surface area contributed by atoms with Crippen molar-refractivity contribution < 1.29 is 23.5 Å². The Morgan fingerprint density at radius 3 is 2.79 bits per heavy atom. The van der Waals surface area contributed by atoms with Crippen molar-refractivity contribution in [3.63, 3.8) is 0 Å². The number of aromatic carboxylic acids is 1. The molecule has 1 saturated heterocycles. The highest BCUT2D eigenvalue weighted by Crippen LogP contribution is 2.32. The van der Waals surface area contributed by atoms with Crippen LogP contribution in [0, 0.1) is 11.6 Å². The summed E-state index contributed by atoms with van der Waals surface area (Å²) in [6, 6.07) is 2.81. The molecular weight excluding hydrogens is 322 g/mol. The second kappa shape index (κ2) is 6.34. The monoisotopic (exact) mass is 336 g/mol. The number of benzene rings is 1. The smallest absolute Gasteiger partial charge is 0.358 e. The van der Waals surface area contributed by atoms with Crippen molar-refractivity contribution >= 4 is 11.9 Å². The van der Waals surface area contributed by atoms with E-state index in [2.05, 4.69) is 15.4 Å². The number of carboxylic acids is 1. The van der Waals surface area contributed by atoms with Gasteiger partial charge in [-0.05, 0) is 30.5 Å². The first-order valence-electron chi connectivity index (χ1n) is 7.34. The number of carbonyl (C=O) groups excluding carboxylic acids is 1. The van der Waals surface area contributed by atoms with Gasteiger partial charge in [-0.25, -0.2) is 13.6 Å². The van der Waals surface area contributed by atoms with E-state index in [0.29, 0.717) is 24.9 Å². The minimum atomic E-state index is -1.22. The van der Waals surface area contributed by atoms with Crippen LogP contribution in [0.3, 0.4) is 0 Å². The highest BCUT2D eigenvalue weighted by molar-refractivity contribution is 5.87. The zero-order valence-corrected chi connectivity index (χ0v) is 12.5. The number of nitrogens with zero attached hydrogens (tertiary/aromatic N) is 3. The number of carboxylic acid groups (broad SMARTS) is 1. The molecule has 9 heteroatoms. The molecule has 2 aromatic rings. The van der Waals surface area contributed by atoms with Crippen LogP contribution in [0.2, 0.25) is 0 Å². The van der Waals surface area contributed by atoms with Crippen LogP contribution < -0.4 is 0 Å². The Balaban J connectivity index is 1.79. The van der Waals surface area contributed by atoms with Gasteiger partial charge in [0, 0.05) is 6.54 Å². The molecule has 1 amide bonds. The molecule has 1 unspecified atom stereocenters. The zero-order valence-electron chi connectivity index (χ0n) is 12.5.